The summed E-state index contributed by atoms with van der Waals surface area (Å²) < 4.78 is 41.7. The van der Waals surface area contributed by atoms with Gasteiger partial charge in [-0.3, -0.25) is 24.6 Å². The molecule has 290 valence electrons. The van der Waals surface area contributed by atoms with Gasteiger partial charge in [-0.25, -0.2) is 13.8 Å². The van der Waals surface area contributed by atoms with Gasteiger partial charge in [-0.05, 0) is 82.2 Å². The fourth-order valence-corrected chi connectivity index (χ4v) is 9.58. The third-order valence-corrected chi connectivity index (χ3v) is 13.2. The number of amides is 2. The maximum atomic E-state index is 15.1. The Morgan fingerprint density at radius 3 is 2.37 bits per heavy atom. The highest BCUT2D eigenvalue weighted by atomic mass is 32.2. The number of anilines is 2. The van der Waals surface area contributed by atoms with Gasteiger partial charge < -0.3 is 29.6 Å². The van der Waals surface area contributed by atoms with Crippen molar-refractivity contribution in [3.63, 3.8) is 0 Å². The molecule has 3 aromatic rings. The third-order valence-electron chi connectivity index (χ3n) is 11.8. The second-order valence-electron chi connectivity index (χ2n) is 15.4. The van der Waals surface area contributed by atoms with Crippen molar-refractivity contribution in [1.82, 2.24) is 25.1 Å². The summed E-state index contributed by atoms with van der Waals surface area (Å²) in [6.45, 7) is 7.69. The van der Waals surface area contributed by atoms with E-state index in [1.54, 1.807) is 30.0 Å². The zero-order chi connectivity index (χ0) is 37.2. The van der Waals surface area contributed by atoms with Crippen molar-refractivity contribution in [1.29, 1.82) is 0 Å². The Labute approximate surface area is 317 Å². The lowest BCUT2D eigenvalue weighted by atomic mass is 9.93. The van der Waals surface area contributed by atoms with Gasteiger partial charge in [0.15, 0.2) is 0 Å². The standard InChI is InChI=1S/C39H49F2N7O5S/c40-30-17-25(42-32-2-4-36(49)45-38(32)50)1-3-34(30)48-20-27(21-48)47-13-7-26(8-14-47)46-11-5-24(6-12-46)22-53-28-18-31(41)37-33(19-28)43-35(44-39(37)51)23-54-29-9-15-52-16-10-29/h1,3,17-19,24,26-27,29,32,42H,2,4-16,20-23H2,(H,43,44,51)(H,45,49,50). The monoisotopic (exact) mass is 765 g/mol. The van der Waals surface area contributed by atoms with Crippen LogP contribution in [0.25, 0.3) is 10.9 Å². The van der Waals surface area contributed by atoms with Crippen LogP contribution in [0.15, 0.2) is 35.1 Å². The normalized spacial score (nSPS) is 23.1. The number of hydrogen-bond donors (Lipinski definition) is 3. The van der Waals surface area contributed by atoms with Crippen LogP contribution in [-0.2, 0) is 20.1 Å². The molecule has 0 spiro atoms. The second-order valence-corrected chi connectivity index (χ2v) is 16.7. The van der Waals surface area contributed by atoms with E-state index in [9.17, 15) is 14.4 Å². The van der Waals surface area contributed by atoms with Crippen LogP contribution in [-0.4, -0.2) is 114 Å². The molecule has 1 aromatic heterocycles. The molecule has 54 heavy (non-hydrogen) atoms. The molecule has 8 rings (SSSR count). The summed E-state index contributed by atoms with van der Waals surface area (Å²) in [5, 5.41) is 5.81. The zero-order valence-corrected chi connectivity index (χ0v) is 31.3. The van der Waals surface area contributed by atoms with E-state index in [-0.39, 0.29) is 29.4 Å². The van der Waals surface area contributed by atoms with E-state index in [1.807, 2.05) is 0 Å². The summed E-state index contributed by atoms with van der Waals surface area (Å²) in [6.07, 6.45) is 6.89. The molecular formula is C39H49F2N7O5S. The minimum Gasteiger partial charge on any atom is -0.493 e. The van der Waals surface area contributed by atoms with Gasteiger partial charge in [-0.15, -0.1) is 0 Å². The number of benzene rings is 2. The number of carbonyl (C=O) groups is 2. The van der Waals surface area contributed by atoms with E-state index in [2.05, 4.69) is 35.3 Å². The number of hydrogen-bond acceptors (Lipinski definition) is 11. The molecule has 5 saturated heterocycles. The van der Waals surface area contributed by atoms with Gasteiger partial charge in [-0.2, -0.15) is 11.8 Å². The number of piperidine rings is 3. The van der Waals surface area contributed by atoms with E-state index in [0.717, 1.165) is 91.0 Å². The average molecular weight is 766 g/mol. The van der Waals surface area contributed by atoms with Crippen LogP contribution in [0.5, 0.6) is 5.75 Å². The number of ether oxygens (including phenoxy) is 2. The van der Waals surface area contributed by atoms with E-state index in [0.29, 0.717) is 70.5 Å². The van der Waals surface area contributed by atoms with Crippen molar-refractivity contribution >= 4 is 45.9 Å². The van der Waals surface area contributed by atoms with Gasteiger partial charge in [0.1, 0.15) is 34.6 Å². The Hall–Kier alpha value is -3.79. The van der Waals surface area contributed by atoms with Crippen LogP contribution in [0.1, 0.15) is 57.2 Å². The summed E-state index contributed by atoms with van der Waals surface area (Å²) in [7, 11) is 0. The summed E-state index contributed by atoms with van der Waals surface area (Å²) in [4.78, 5) is 50.8. The highest BCUT2D eigenvalue weighted by Crippen LogP contribution is 2.32. The quantitative estimate of drug-likeness (QED) is 0.242. The van der Waals surface area contributed by atoms with Crippen LogP contribution in [0.2, 0.25) is 0 Å². The molecule has 0 radical (unpaired) electrons. The van der Waals surface area contributed by atoms with Crippen molar-refractivity contribution in [2.24, 2.45) is 5.92 Å². The lowest BCUT2D eigenvalue weighted by Crippen LogP contribution is -2.62. The molecule has 2 amide bonds. The Morgan fingerprint density at radius 1 is 0.889 bits per heavy atom. The molecular weight excluding hydrogens is 717 g/mol. The summed E-state index contributed by atoms with van der Waals surface area (Å²) in [5.74, 6) is 0.315. The molecule has 6 heterocycles. The zero-order valence-electron chi connectivity index (χ0n) is 30.5. The predicted octanol–water partition coefficient (Wildman–Crippen LogP) is 4.27. The van der Waals surface area contributed by atoms with E-state index in [1.165, 1.54) is 12.1 Å². The van der Waals surface area contributed by atoms with Crippen LogP contribution in [0, 0.1) is 17.6 Å². The lowest BCUT2D eigenvalue weighted by molar-refractivity contribution is -0.133. The molecule has 1 atom stereocenters. The van der Waals surface area contributed by atoms with Crippen molar-refractivity contribution in [2.45, 2.75) is 80.5 Å². The van der Waals surface area contributed by atoms with Crippen LogP contribution in [0.4, 0.5) is 20.2 Å². The molecule has 5 aliphatic rings. The second kappa shape index (κ2) is 16.5. The first-order chi connectivity index (χ1) is 26.3. The number of thioether (sulfide) groups is 1. The molecule has 2 aromatic carbocycles. The minimum absolute atomic E-state index is 0.0297. The first-order valence-corrected chi connectivity index (χ1v) is 20.5. The number of likely N-dealkylation sites (tertiary alicyclic amines) is 2. The number of nitrogens with one attached hydrogen (secondary N) is 3. The van der Waals surface area contributed by atoms with Crippen molar-refractivity contribution in [3.05, 3.63) is 58.1 Å². The minimum atomic E-state index is -0.613. The van der Waals surface area contributed by atoms with Gasteiger partial charge in [0.05, 0.1) is 23.6 Å². The number of rotatable bonds is 11. The molecule has 0 aliphatic carbocycles. The number of H-pyrrole nitrogens is 1. The Morgan fingerprint density at radius 2 is 1.63 bits per heavy atom. The first kappa shape index (κ1) is 37.1. The number of imide groups is 1. The van der Waals surface area contributed by atoms with E-state index < -0.39 is 17.4 Å². The molecule has 5 fully saturated rings. The highest BCUT2D eigenvalue weighted by Gasteiger charge is 2.37. The average Bonchev–Trinajstić information content (AvgIpc) is 3.15. The van der Waals surface area contributed by atoms with Crippen molar-refractivity contribution in [3.8, 4) is 5.75 Å². The van der Waals surface area contributed by atoms with Crippen molar-refractivity contribution < 1.29 is 27.8 Å². The maximum Gasteiger partial charge on any atom is 0.261 e. The van der Waals surface area contributed by atoms with E-state index >= 15 is 8.78 Å². The number of halogens is 2. The first-order valence-electron chi connectivity index (χ1n) is 19.4. The van der Waals surface area contributed by atoms with Gasteiger partial charge in [0, 0.05) is 81.0 Å². The molecule has 0 bridgehead atoms. The van der Waals surface area contributed by atoms with Crippen molar-refractivity contribution in [2.75, 3.05) is 69.3 Å². The fraction of sp³-hybridized carbons (Fsp3) is 0.590. The Bertz CT molecular complexity index is 1890. The molecule has 0 saturated carbocycles. The molecule has 1 unspecified atom stereocenters. The Kier molecular flexibility index (Phi) is 11.4. The van der Waals surface area contributed by atoms with Gasteiger partial charge in [-0.1, -0.05) is 0 Å². The number of carbonyl (C=O) groups excluding carboxylic acids is 2. The topological polar surface area (TPSA) is 132 Å². The lowest BCUT2D eigenvalue weighted by Gasteiger charge is -2.50. The smallest absolute Gasteiger partial charge is 0.261 e. The van der Waals surface area contributed by atoms with Crippen LogP contribution >= 0.6 is 11.8 Å². The largest absolute Gasteiger partial charge is 0.493 e. The number of nitrogens with zero attached hydrogens (tertiary/aromatic N) is 4. The highest BCUT2D eigenvalue weighted by molar-refractivity contribution is 7.99. The third kappa shape index (κ3) is 8.53. The fourth-order valence-electron chi connectivity index (χ4n) is 8.52. The van der Waals surface area contributed by atoms with Crippen LogP contribution < -0.4 is 25.8 Å². The summed E-state index contributed by atoms with van der Waals surface area (Å²) >= 11 is 1.75. The number of aromatic nitrogens is 2. The Balaban J connectivity index is 0.758. The number of aromatic amines is 1. The predicted molar refractivity (Wildman–Crippen MR) is 204 cm³/mol. The molecule has 12 nitrogen and oxygen atoms in total. The van der Waals surface area contributed by atoms with Gasteiger partial charge in [0.2, 0.25) is 11.8 Å². The number of fused-ring (bicyclic) bond motifs is 1. The molecule has 5 aliphatic heterocycles. The van der Waals surface area contributed by atoms with Crippen LogP contribution in [0.3, 0.4) is 0 Å². The van der Waals surface area contributed by atoms with Gasteiger partial charge >= 0.3 is 0 Å². The SMILES string of the molecule is O=C1CCC(Nc2ccc(N3CC(N4CCC(N5CCC(COc6cc(F)c7c(=O)[nH]c(CSC8CCOCC8)nc7c6)CC5)CC4)C3)c(F)c2)C(=O)N1. The summed E-state index contributed by atoms with van der Waals surface area (Å²) in [6, 6.07) is 8.41. The molecule has 15 heteroatoms. The molecule has 3 N–H and O–H groups in total. The maximum absolute atomic E-state index is 15.1. The summed E-state index contributed by atoms with van der Waals surface area (Å²) in [5.41, 5.74) is 0.974. The van der Waals surface area contributed by atoms with Gasteiger partial charge in [0.25, 0.3) is 5.56 Å². The van der Waals surface area contributed by atoms with E-state index in [4.69, 9.17) is 9.47 Å².